The number of hydrogen-bond donors (Lipinski definition) is 2. The van der Waals surface area contributed by atoms with Crippen molar-refractivity contribution in [2.24, 2.45) is 5.92 Å². The molecule has 5 heteroatoms. The second-order valence-corrected chi connectivity index (χ2v) is 6.27. The molecular weight excluding hydrogens is 280 g/mol. The Hall–Kier alpha value is -1.88. The van der Waals surface area contributed by atoms with Crippen LogP contribution in [0.3, 0.4) is 0 Å². The predicted octanol–water partition coefficient (Wildman–Crippen LogP) is 2.27. The first-order chi connectivity index (χ1) is 10.7. The number of amides is 2. The van der Waals surface area contributed by atoms with Crippen LogP contribution in [0.15, 0.2) is 18.2 Å². The van der Waals surface area contributed by atoms with Gasteiger partial charge in [-0.05, 0) is 42.5 Å². The van der Waals surface area contributed by atoms with Crippen molar-refractivity contribution in [1.29, 1.82) is 0 Å². The van der Waals surface area contributed by atoms with Crippen molar-refractivity contribution < 1.29 is 14.8 Å². The Morgan fingerprint density at radius 2 is 1.91 bits per heavy atom. The molecule has 1 heterocycles. The zero-order valence-electron chi connectivity index (χ0n) is 12.7. The monoisotopic (exact) mass is 302 g/mol. The molecule has 1 saturated carbocycles. The molecular formula is C17H22N2O3. The third-order valence-electron chi connectivity index (χ3n) is 4.85. The van der Waals surface area contributed by atoms with Gasteiger partial charge in [-0.1, -0.05) is 25.3 Å². The van der Waals surface area contributed by atoms with Gasteiger partial charge in [0.15, 0.2) is 0 Å². The lowest BCUT2D eigenvalue weighted by Gasteiger charge is -2.33. The smallest absolute Gasteiger partial charge is 0.274 e. The quantitative estimate of drug-likeness (QED) is 0.650. The maximum absolute atomic E-state index is 12.6. The molecule has 1 aliphatic heterocycles. The number of hydrogen-bond acceptors (Lipinski definition) is 3. The third kappa shape index (κ3) is 2.99. The van der Waals surface area contributed by atoms with Gasteiger partial charge in [-0.3, -0.25) is 14.8 Å². The Morgan fingerprint density at radius 1 is 1.14 bits per heavy atom. The molecule has 5 nitrogen and oxygen atoms in total. The van der Waals surface area contributed by atoms with Crippen molar-refractivity contribution in [1.82, 2.24) is 10.4 Å². The highest BCUT2D eigenvalue weighted by Crippen LogP contribution is 2.28. The molecule has 1 aliphatic carbocycles. The van der Waals surface area contributed by atoms with Crippen LogP contribution in [-0.4, -0.2) is 28.5 Å². The Morgan fingerprint density at radius 3 is 2.64 bits per heavy atom. The summed E-state index contributed by atoms with van der Waals surface area (Å²) in [5, 5.41) is 8.70. The van der Waals surface area contributed by atoms with Gasteiger partial charge in [0.25, 0.3) is 5.91 Å². The zero-order chi connectivity index (χ0) is 15.5. The van der Waals surface area contributed by atoms with E-state index in [2.05, 4.69) is 0 Å². The van der Waals surface area contributed by atoms with Crippen LogP contribution in [0.1, 0.15) is 53.6 Å². The summed E-state index contributed by atoms with van der Waals surface area (Å²) in [7, 11) is 0. The van der Waals surface area contributed by atoms with Crippen LogP contribution >= 0.6 is 0 Å². The van der Waals surface area contributed by atoms with Gasteiger partial charge >= 0.3 is 0 Å². The molecule has 22 heavy (non-hydrogen) atoms. The van der Waals surface area contributed by atoms with Gasteiger partial charge in [0, 0.05) is 24.6 Å². The number of nitrogens with one attached hydrogen (secondary N) is 1. The van der Waals surface area contributed by atoms with E-state index in [1.807, 2.05) is 17.0 Å². The number of rotatable bonds is 2. The molecule has 3 rings (SSSR count). The average Bonchev–Trinajstić information content (AvgIpc) is 2.60. The number of nitrogens with zero attached hydrogens (tertiary/aromatic N) is 1. The molecule has 1 aromatic rings. The lowest BCUT2D eigenvalue weighted by molar-refractivity contribution is -0.137. The minimum absolute atomic E-state index is 0.203. The number of fused-ring (bicyclic) bond motifs is 1. The van der Waals surface area contributed by atoms with Crippen LogP contribution < -0.4 is 5.48 Å². The molecule has 0 unspecified atom stereocenters. The second kappa shape index (κ2) is 6.48. The van der Waals surface area contributed by atoms with Crippen molar-refractivity contribution in [3.8, 4) is 0 Å². The van der Waals surface area contributed by atoms with Crippen LogP contribution in [0.5, 0.6) is 0 Å². The predicted molar refractivity (Wildman–Crippen MR) is 81.4 cm³/mol. The summed E-state index contributed by atoms with van der Waals surface area (Å²) in [5.41, 5.74) is 4.30. The minimum Gasteiger partial charge on any atom is -0.338 e. The fourth-order valence-corrected chi connectivity index (χ4v) is 3.55. The largest absolute Gasteiger partial charge is 0.338 e. The summed E-state index contributed by atoms with van der Waals surface area (Å²) < 4.78 is 0. The van der Waals surface area contributed by atoms with Crippen molar-refractivity contribution in [3.05, 3.63) is 34.9 Å². The molecule has 2 amide bonds. The van der Waals surface area contributed by atoms with Crippen LogP contribution in [-0.2, 0) is 17.8 Å². The molecule has 2 aliphatic rings. The van der Waals surface area contributed by atoms with Crippen molar-refractivity contribution in [2.45, 2.75) is 45.1 Å². The van der Waals surface area contributed by atoms with Crippen LogP contribution in [0.4, 0.5) is 0 Å². The summed E-state index contributed by atoms with van der Waals surface area (Å²) >= 11 is 0. The van der Waals surface area contributed by atoms with Gasteiger partial charge in [-0.15, -0.1) is 0 Å². The molecule has 118 valence electrons. The first-order valence-electron chi connectivity index (χ1n) is 8.04. The molecule has 0 bridgehead atoms. The summed E-state index contributed by atoms with van der Waals surface area (Å²) in [4.78, 5) is 26.0. The van der Waals surface area contributed by atoms with Crippen molar-refractivity contribution >= 4 is 11.8 Å². The number of hydroxylamine groups is 1. The van der Waals surface area contributed by atoms with Gasteiger partial charge in [0.2, 0.25) is 5.91 Å². The van der Waals surface area contributed by atoms with Crippen LogP contribution in [0, 0.1) is 5.92 Å². The van der Waals surface area contributed by atoms with E-state index in [0.29, 0.717) is 24.6 Å². The third-order valence-corrected chi connectivity index (χ3v) is 4.85. The fraction of sp³-hybridized carbons (Fsp3) is 0.529. The number of benzene rings is 1. The van der Waals surface area contributed by atoms with E-state index in [4.69, 9.17) is 5.21 Å². The first kappa shape index (κ1) is 15.0. The summed E-state index contributed by atoms with van der Waals surface area (Å²) in [6.45, 7) is 1.35. The lowest BCUT2D eigenvalue weighted by Crippen LogP contribution is -2.40. The van der Waals surface area contributed by atoms with E-state index >= 15 is 0 Å². The molecule has 0 spiro atoms. The molecule has 1 fully saturated rings. The highest BCUT2D eigenvalue weighted by atomic mass is 16.5. The molecule has 2 N–H and O–H groups in total. The molecule has 1 aromatic carbocycles. The maximum atomic E-state index is 12.6. The van der Waals surface area contributed by atoms with E-state index in [1.54, 1.807) is 11.5 Å². The topological polar surface area (TPSA) is 69.6 Å². The van der Waals surface area contributed by atoms with E-state index in [9.17, 15) is 9.59 Å². The lowest BCUT2D eigenvalue weighted by atomic mass is 9.87. The number of carbonyl (C=O) groups excluding carboxylic acids is 2. The van der Waals surface area contributed by atoms with Crippen LogP contribution in [0.2, 0.25) is 0 Å². The summed E-state index contributed by atoms with van der Waals surface area (Å²) in [6, 6.07) is 5.39. The van der Waals surface area contributed by atoms with Crippen molar-refractivity contribution in [3.63, 3.8) is 0 Å². The normalized spacial score (nSPS) is 18.7. The Bertz CT molecular complexity index is 579. The second-order valence-electron chi connectivity index (χ2n) is 6.27. The average molecular weight is 302 g/mol. The highest BCUT2D eigenvalue weighted by Gasteiger charge is 2.28. The van der Waals surface area contributed by atoms with Gasteiger partial charge in [0.1, 0.15) is 0 Å². The van der Waals surface area contributed by atoms with E-state index in [-0.39, 0.29) is 5.92 Å². The standard InChI is InChI=1S/C17H22N2O3/c20-16(18-22)14-6-7-15-11-19(9-8-13(15)10-14)17(21)12-4-2-1-3-5-12/h6-7,10,12,22H,1-5,8-9,11H2,(H,18,20). The van der Waals surface area contributed by atoms with E-state index in [0.717, 1.165) is 30.4 Å². The molecule has 0 atom stereocenters. The SMILES string of the molecule is O=C(NO)c1ccc2c(c1)CCN(C(=O)C1CCCCC1)C2. The van der Waals surface area contributed by atoms with Gasteiger partial charge in [-0.25, -0.2) is 5.48 Å². The molecule has 0 aromatic heterocycles. The highest BCUT2D eigenvalue weighted by molar-refractivity contribution is 5.93. The van der Waals surface area contributed by atoms with Gasteiger partial charge in [0.05, 0.1) is 0 Å². The maximum Gasteiger partial charge on any atom is 0.274 e. The van der Waals surface area contributed by atoms with E-state index in [1.165, 1.54) is 19.3 Å². The first-order valence-corrected chi connectivity index (χ1v) is 8.04. The van der Waals surface area contributed by atoms with Gasteiger partial charge in [-0.2, -0.15) is 0 Å². The van der Waals surface area contributed by atoms with Gasteiger partial charge < -0.3 is 4.90 Å². The Balaban J connectivity index is 1.71. The molecule has 0 saturated heterocycles. The van der Waals surface area contributed by atoms with Crippen LogP contribution in [0.25, 0.3) is 0 Å². The van der Waals surface area contributed by atoms with E-state index < -0.39 is 5.91 Å². The number of carbonyl (C=O) groups is 2. The summed E-state index contributed by atoms with van der Waals surface area (Å²) in [5.74, 6) is 0.000722. The Labute approximate surface area is 130 Å². The molecule has 0 radical (unpaired) electrons. The fourth-order valence-electron chi connectivity index (χ4n) is 3.55. The Kier molecular flexibility index (Phi) is 4.43. The minimum atomic E-state index is -0.497. The summed E-state index contributed by atoms with van der Waals surface area (Å²) in [6.07, 6.45) is 6.40. The van der Waals surface area contributed by atoms with Crippen molar-refractivity contribution in [2.75, 3.05) is 6.54 Å². The zero-order valence-corrected chi connectivity index (χ0v) is 12.7.